The molecule has 0 aliphatic heterocycles. The fraction of sp³-hybridized carbons (Fsp3) is 0.727. The van der Waals surface area contributed by atoms with Crippen LogP contribution in [-0.4, -0.2) is 28.0 Å². The summed E-state index contributed by atoms with van der Waals surface area (Å²) in [6.07, 6.45) is 3.83. The smallest absolute Gasteiger partial charge is 0.122 e. The molecule has 80 valence electrons. The summed E-state index contributed by atoms with van der Waals surface area (Å²) in [5.41, 5.74) is 0.347. The number of rotatable bonds is 3. The van der Waals surface area contributed by atoms with Gasteiger partial charge in [-0.3, -0.25) is 4.90 Å². The first-order valence-corrected chi connectivity index (χ1v) is 5.03. The number of aromatic nitrogens is 2. The van der Waals surface area contributed by atoms with Crippen molar-refractivity contribution in [1.82, 2.24) is 14.5 Å². The lowest BCUT2D eigenvalue weighted by Gasteiger charge is -2.26. The third kappa shape index (κ3) is 3.50. The lowest BCUT2D eigenvalue weighted by molar-refractivity contribution is 0.215. The molecule has 1 aromatic rings. The molecule has 0 amide bonds. The van der Waals surface area contributed by atoms with Gasteiger partial charge >= 0.3 is 0 Å². The van der Waals surface area contributed by atoms with Gasteiger partial charge in [0.2, 0.25) is 0 Å². The van der Waals surface area contributed by atoms with Crippen molar-refractivity contribution in [2.75, 3.05) is 13.6 Å². The van der Waals surface area contributed by atoms with E-state index in [0.717, 1.165) is 18.9 Å². The molecule has 0 radical (unpaired) electrons. The average molecular weight is 195 g/mol. The predicted molar refractivity (Wildman–Crippen MR) is 59.0 cm³/mol. The van der Waals surface area contributed by atoms with Crippen molar-refractivity contribution in [3.05, 3.63) is 18.2 Å². The Morgan fingerprint density at radius 1 is 1.43 bits per heavy atom. The van der Waals surface area contributed by atoms with Crippen LogP contribution in [-0.2, 0) is 13.6 Å². The van der Waals surface area contributed by atoms with Crippen LogP contribution in [0.1, 0.15) is 26.6 Å². The minimum absolute atomic E-state index is 0.347. The van der Waals surface area contributed by atoms with Gasteiger partial charge in [0, 0.05) is 26.0 Å². The molecule has 1 heterocycles. The third-order valence-electron chi connectivity index (χ3n) is 2.08. The lowest BCUT2D eigenvalue weighted by Crippen LogP contribution is -2.29. The average Bonchev–Trinajstić information content (AvgIpc) is 2.32. The van der Waals surface area contributed by atoms with Gasteiger partial charge in [-0.2, -0.15) is 0 Å². The summed E-state index contributed by atoms with van der Waals surface area (Å²) in [4.78, 5) is 6.61. The van der Waals surface area contributed by atoms with Crippen LogP contribution in [0.4, 0.5) is 0 Å². The highest BCUT2D eigenvalue weighted by molar-refractivity contribution is 4.90. The molecule has 1 rings (SSSR count). The van der Waals surface area contributed by atoms with Gasteiger partial charge in [-0.1, -0.05) is 20.8 Å². The van der Waals surface area contributed by atoms with Crippen LogP contribution in [0.25, 0.3) is 0 Å². The molecule has 0 aliphatic carbocycles. The number of hydrogen-bond donors (Lipinski definition) is 0. The van der Waals surface area contributed by atoms with Crippen LogP contribution < -0.4 is 0 Å². The Kier molecular flexibility index (Phi) is 3.32. The Labute approximate surface area is 86.7 Å². The van der Waals surface area contributed by atoms with Crippen LogP contribution in [0.5, 0.6) is 0 Å². The molecular weight excluding hydrogens is 174 g/mol. The van der Waals surface area contributed by atoms with Gasteiger partial charge < -0.3 is 4.57 Å². The van der Waals surface area contributed by atoms with Gasteiger partial charge in [0.05, 0.1) is 6.54 Å². The number of aryl methyl sites for hydroxylation is 1. The molecule has 0 saturated heterocycles. The van der Waals surface area contributed by atoms with Crippen LogP contribution >= 0.6 is 0 Å². The van der Waals surface area contributed by atoms with Crippen LogP contribution in [0.2, 0.25) is 0 Å². The molecule has 0 saturated carbocycles. The van der Waals surface area contributed by atoms with Gasteiger partial charge in [-0.25, -0.2) is 4.98 Å². The third-order valence-corrected chi connectivity index (χ3v) is 2.08. The van der Waals surface area contributed by atoms with E-state index >= 15 is 0 Å². The Balaban J connectivity index is 2.50. The highest BCUT2D eigenvalue weighted by Gasteiger charge is 2.14. The Morgan fingerprint density at radius 3 is 2.50 bits per heavy atom. The predicted octanol–water partition coefficient (Wildman–Crippen LogP) is 1.90. The summed E-state index contributed by atoms with van der Waals surface area (Å²) in [7, 11) is 4.17. The fourth-order valence-electron chi connectivity index (χ4n) is 1.66. The SMILES string of the molecule is CN(Cc1nccn1C)CC(C)(C)C. The minimum Gasteiger partial charge on any atom is -0.337 e. The zero-order chi connectivity index (χ0) is 10.8. The van der Waals surface area contributed by atoms with E-state index in [1.54, 1.807) is 0 Å². The van der Waals surface area contributed by atoms with Crippen molar-refractivity contribution in [3.63, 3.8) is 0 Å². The normalized spacial score (nSPS) is 12.4. The van der Waals surface area contributed by atoms with Crippen LogP contribution in [0, 0.1) is 5.41 Å². The van der Waals surface area contributed by atoms with Gasteiger partial charge in [0.15, 0.2) is 0 Å². The van der Waals surface area contributed by atoms with Gasteiger partial charge in [0.25, 0.3) is 0 Å². The number of imidazole rings is 1. The molecule has 1 aromatic heterocycles. The van der Waals surface area contributed by atoms with E-state index in [9.17, 15) is 0 Å². The van der Waals surface area contributed by atoms with Crippen molar-refractivity contribution >= 4 is 0 Å². The van der Waals surface area contributed by atoms with E-state index < -0.39 is 0 Å². The zero-order valence-corrected chi connectivity index (χ0v) is 9.91. The molecule has 0 N–H and O–H groups in total. The first kappa shape index (κ1) is 11.2. The molecule has 0 spiro atoms. The number of nitrogens with zero attached hydrogens (tertiary/aromatic N) is 3. The summed E-state index contributed by atoms with van der Waals surface area (Å²) in [6, 6.07) is 0. The second-order valence-corrected chi connectivity index (χ2v) is 5.19. The molecule has 14 heavy (non-hydrogen) atoms. The van der Waals surface area contributed by atoms with Gasteiger partial charge in [-0.15, -0.1) is 0 Å². The van der Waals surface area contributed by atoms with E-state index in [0.29, 0.717) is 5.41 Å². The Morgan fingerprint density at radius 2 is 2.07 bits per heavy atom. The maximum absolute atomic E-state index is 4.31. The van der Waals surface area contributed by atoms with Crippen molar-refractivity contribution in [3.8, 4) is 0 Å². The second-order valence-electron chi connectivity index (χ2n) is 5.19. The van der Waals surface area contributed by atoms with Crippen LogP contribution in [0.3, 0.4) is 0 Å². The molecule has 0 unspecified atom stereocenters. The molecular formula is C11H21N3. The van der Waals surface area contributed by atoms with Gasteiger partial charge in [-0.05, 0) is 12.5 Å². The van der Waals surface area contributed by atoms with E-state index in [1.807, 2.05) is 19.4 Å². The van der Waals surface area contributed by atoms with E-state index in [1.165, 1.54) is 0 Å². The number of hydrogen-bond acceptors (Lipinski definition) is 2. The highest BCUT2D eigenvalue weighted by atomic mass is 15.2. The van der Waals surface area contributed by atoms with Crippen LogP contribution in [0.15, 0.2) is 12.4 Å². The molecule has 0 bridgehead atoms. The van der Waals surface area contributed by atoms with Gasteiger partial charge in [0.1, 0.15) is 5.82 Å². The van der Waals surface area contributed by atoms with Crippen molar-refractivity contribution in [2.45, 2.75) is 27.3 Å². The van der Waals surface area contributed by atoms with E-state index in [4.69, 9.17) is 0 Å². The monoisotopic (exact) mass is 195 g/mol. The molecule has 0 atom stereocenters. The molecule has 3 nitrogen and oxygen atoms in total. The van der Waals surface area contributed by atoms with E-state index in [-0.39, 0.29) is 0 Å². The quantitative estimate of drug-likeness (QED) is 0.734. The summed E-state index contributed by atoms with van der Waals surface area (Å²) >= 11 is 0. The summed E-state index contributed by atoms with van der Waals surface area (Å²) in [5.74, 6) is 1.12. The highest BCUT2D eigenvalue weighted by Crippen LogP contribution is 2.15. The van der Waals surface area contributed by atoms with Crippen molar-refractivity contribution in [2.24, 2.45) is 12.5 Å². The molecule has 3 heteroatoms. The maximum Gasteiger partial charge on any atom is 0.122 e. The van der Waals surface area contributed by atoms with Crippen molar-refractivity contribution in [1.29, 1.82) is 0 Å². The standard InChI is InChI=1S/C11H21N3/c1-11(2,3)9-13(4)8-10-12-6-7-14(10)5/h6-7H,8-9H2,1-5H3. The first-order valence-electron chi connectivity index (χ1n) is 5.03. The first-order chi connectivity index (χ1) is 6.38. The van der Waals surface area contributed by atoms with Crippen molar-refractivity contribution < 1.29 is 0 Å². The molecule has 0 aromatic carbocycles. The minimum atomic E-state index is 0.347. The largest absolute Gasteiger partial charge is 0.337 e. The maximum atomic E-state index is 4.31. The fourth-order valence-corrected chi connectivity index (χ4v) is 1.66. The lowest BCUT2D eigenvalue weighted by atomic mass is 9.96. The summed E-state index contributed by atoms with van der Waals surface area (Å²) in [6.45, 7) is 8.76. The second kappa shape index (κ2) is 4.13. The summed E-state index contributed by atoms with van der Waals surface area (Å²) < 4.78 is 2.07. The topological polar surface area (TPSA) is 21.1 Å². The molecule has 0 aliphatic rings. The Bertz CT molecular complexity index is 283. The zero-order valence-electron chi connectivity index (χ0n) is 9.91. The molecule has 0 fully saturated rings. The Hall–Kier alpha value is -0.830. The summed E-state index contributed by atoms with van der Waals surface area (Å²) in [5, 5.41) is 0. The van der Waals surface area contributed by atoms with E-state index in [2.05, 4.69) is 42.3 Å².